The van der Waals surface area contributed by atoms with Gasteiger partial charge in [0.2, 0.25) is 0 Å². The van der Waals surface area contributed by atoms with Crippen LogP contribution in [0.25, 0.3) is 0 Å². The first-order chi connectivity index (χ1) is 11.6. The number of nitrogens with zero attached hydrogens (tertiary/aromatic N) is 4. The number of ether oxygens (including phenoxy) is 2. The van der Waals surface area contributed by atoms with E-state index in [9.17, 15) is 4.79 Å². The maximum Gasteiger partial charge on any atom is 0.251 e. The zero-order chi connectivity index (χ0) is 16.9. The summed E-state index contributed by atoms with van der Waals surface area (Å²) >= 11 is 0. The van der Waals surface area contributed by atoms with Crippen molar-refractivity contribution in [2.24, 2.45) is 7.05 Å². The van der Waals surface area contributed by atoms with Crippen LogP contribution in [0.2, 0.25) is 0 Å². The molecule has 1 saturated carbocycles. The van der Waals surface area contributed by atoms with Crippen LogP contribution in [0.4, 0.5) is 0 Å². The van der Waals surface area contributed by atoms with E-state index in [0.29, 0.717) is 19.7 Å². The Labute approximate surface area is 143 Å². The van der Waals surface area contributed by atoms with Crippen molar-refractivity contribution in [2.45, 2.75) is 63.8 Å². The quantitative estimate of drug-likeness (QED) is 0.785. The molecule has 0 bridgehead atoms. The van der Waals surface area contributed by atoms with Crippen LogP contribution in [-0.2, 0) is 21.3 Å². The number of rotatable bonds is 4. The molecule has 1 aromatic rings. The standard InChI is InChI=1S/C17H28N4O3/c1-13(24-14-7-5-3-4-6-8-14)17(22)21-9-10-23-15(11-21)16-19-18-12-20(16)2/h12-15H,3-11H2,1-2H3/t13-,15+/m1/s1. The molecule has 2 aliphatic rings. The Morgan fingerprint density at radius 1 is 1.33 bits per heavy atom. The van der Waals surface area contributed by atoms with E-state index >= 15 is 0 Å². The van der Waals surface area contributed by atoms with E-state index in [1.165, 1.54) is 25.7 Å². The summed E-state index contributed by atoms with van der Waals surface area (Å²) in [5.41, 5.74) is 0. The van der Waals surface area contributed by atoms with Crippen molar-refractivity contribution < 1.29 is 14.3 Å². The lowest BCUT2D eigenvalue weighted by atomic mass is 10.1. The molecule has 0 N–H and O–H groups in total. The smallest absolute Gasteiger partial charge is 0.251 e. The van der Waals surface area contributed by atoms with Crippen LogP contribution >= 0.6 is 0 Å². The molecule has 2 atom stereocenters. The first kappa shape index (κ1) is 17.4. The maximum absolute atomic E-state index is 12.8. The van der Waals surface area contributed by atoms with Crippen molar-refractivity contribution in [1.82, 2.24) is 19.7 Å². The van der Waals surface area contributed by atoms with Gasteiger partial charge in [0.25, 0.3) is 5.91 Å². The van der Waals surface area contributed by atoms with Gasteiger partial charge in [0.05, 0.1) is 19.3 Å². The summed E-state index contributed by atoms with van der Waals surface area (Å²) < 4.78 is 13.7. The van der Waals surface area contributed by atoms with E-state index in [0.717, 1.165) is 18.7 Å². The fraction of sp³-hybridized carbons (Fsp3) is 0.824. The molecule has 7 nitrogen and oxygen atoms in total. The number of aryl methyl sites for hydroxylation is 1. The zero-order valence-electron chi connectivity index (χ0n) is 14.7. The van der Waals surface area contributed by atoms with Crippen LogP contribution in [0.15, 0.2) is 6.33 Å². The number of morpholine rings is 1. The van der Waals surface area contributed by atoms with Gasteiger partial charge in [-0.1, -0.05) is 25.7 Å². The SMILES string of the molecule is C[C@@H](OC1CCCCCC1)C(=O)N1CCO[C@H](c2nncn2C)C1. The molecule has 7 heteroatoms. The van der Waals surface area contributed by atoms with E-state index in [-0.39, 0.29) is 18.1 Å². The molecule has 1 saturated heterocycles. The zero-order valence-corrected chi connectivity index (χ0v) is 14.7. The summed E-state index contributed by atoms with van der Waals surface area (Å²) in [6.45, 7) is 3.49. The Bertz CT molecular complexity index is 540. The lowest BCUT2D eigenvalue weighted by Crippen LogP contribution is -2.47. The van der Waals surface area contributed by atoms with Crippen LogP contribution in [0.3, 0.4) is 0 Å². The van der Waals surface area contributed by atoms with Crippen LogP contribution in [0.5, 0.6) is 0 Å². The highest BCUT2D eigenvalue weighted by molar-refractivity contribution is 5.80. The van der Waals surface area contributed by atoms with Crippen LogP contribution in [0, 0.1) is 0 Å². The summed E-state index contributed by atoms with van der Waals surface area (Å²) in [7, 11) is 1.89. The fourth-order valence-corrected chi connectivity index (χ4v) is 3.57. The number of amides is 1. The molecular weight excluding hydrogens is 308 g/mol. The molecule has 1 aliphatic carbocycles. The minimum atomic E-state index is -0.397. The number of carbonyl (C=O) groups is 1. The molecule has 134 valence electrons. The molecule has 24 heavy (non-hydrogen) atoms. The van der Waals surface area contributed by atoms with E-state index in [1.54, 1.807) is 6.33 Å². The van der Waals surface area contributed by atoms with Gasteiger partial charge < -0.3 is 18.9 Å². The van der Waals surface area contributed by atoms with Gasteiger partial charge in [-0.25, -0.2) is 0 Å². The topological polar surface area (TPSA) is 69.5 Å². The highest BCUT2D eigenvalue weighted by Crippen LogP contribution is 2.23. The number of hydrogen-bond donors (Lipinski definition) is 0. The normalized spacial score (nSPS) is 24.6. The molecule has 1 aliphatic heterocycles. The molecule has 0 unspecified atom stereocenters. The Kier molecular flexibility index (Phi) is 5.84. The molecule has 3 rings (SSSR count). The number of hydrogen-bond acceptors (Lipinski definition) is 5. The Morgan fingerprint density at radius 2 is 2.08 bits per heavy atom. The van der Waals surface area contributed by atoms with Crippen molar-refractivity contribution in [2.75, 3.05) is 19.7 Å². The molecule has 2 fully saturated rings. The first-order valence-electron chi connectivity index (χ1n) is 9.05. The Hall–Kier alpha value is -1.47. The van der Waals surface area contributed by atoms with Gasteiger partial charge in [-0.05, 0) is 19.8 Å². The second-order valence-corrected chi connectivity index (χ2v) is 6.84. The van der Waals surface area contributed by atoms with Crippen molar-refractivity contribution in [3.05, 3.63) is 12.2 Å². The first-order valence-corrected chi connectivity index (χ1v) is 9.05. The molecule has 0 aromatic carbocycles. The second-order valence-electron chi connectivity index (χ2n) is 6.84. The third-order valence-corrected chi connectivity index (χ3v) is 4.96. The van der Waals surface area contributed by atoms with Crippen molar-refractivity contribution in [3.63, 3.8) is 0 Å². The van der Waals surface area contributed by atoms with Crippen LogP contribution < -0.4 is 0 Å². The molecule has 0 radical (unpaired) electrons. The summed E-state index contributed by atoms with van der Waals surface area (Å²) in [5.74, 6) is 0.805. The molecular formula is C17H28N4O3. The summed E-state index contributed by atoms with van der Waals surface area (Å²) in [4.78, 5) is 14.6. The molecule has 1 amide bonds. The van der Waals surface area contributed by atoms with Gasteiger partial charge >= 0.3 is 0 Å². The largest absolute Gasteiger partial charge is 0.366 e. The highest BCUT2D eigenvalue weighted by atomic mass is 16.5. The predicted octanol–water partition coefficient (Wildman–Crippen LogP) is 1.84. The van der Waals surface area contributed by atoms with Crippen molar-refractivity contribution >= 4 is 5.91 Å². The number of aromatic nitrogens is 3. The Morgan fingerprint density at radius 3 is 2.75 bits per heavy atom. The van der Waals surface area contributed by atoms with Gasteiger partial charge in [-0.2, -0.15) is 0 Å². The third-order valence-electron chi connectivity index (χ3n) is 4.96. The average Bonchev–Trinajstić information content (AvgIpc) is 2.86. The van der Waals surface area contributed by atoms with Gasteiger partial charge in [0.15, 0.2) is 5.82 Å². The van der Waals surface area contributed by atoms with Crippen molar-refractivity contribution in [1.29, 1.82) is 0 Å². The monoisotopic (exact) mass is 336 g/mol. The minimum absolute atomic E-state index is 0.0507. The minimum Gasteiger partial charge on any atom is -0.366 e. The van der Waals surface area contributed by atoms with Gasteiger partial charge in [-0.3, -0.25) is 4.79 Å². The van der Waals surface area contributed by atoms with Gasteiger partial charge in [-0.15, -0.1) is 10.2 Å². The van der Waals surface area contributed by atoms with Crippen LogP contribution in [0.1, 0.15) is 57.4 Å². The molecule has 2 heterocycles. The van der Waals surface area contributed by atoms with E-state index in [4.69, 9.17) is 9.47 Å². The number of carbonyl (C=O) groups excluding carboxylic acids is 1. The summed E-state index contributed by atoms with van der Waals surface area (Å²) in [5, 5.41) is 7.99. The van der Waals surface area contributed by atoms with Crippen molar-refractivity contribution in [3.8, 4) is 0 Å². The molecule has 1 aromatic heterocycles. The average molecular weight is 336 g/mol. The van der Waals surface area contributed by atoms with E-state index < -0.39 is 6.10 Å². The van der Waals surface area contributed by atoms with Gasteiger partial charge in [0.1, 0.15) is 18.5 Å². The lowest BCUT2D eigenvalue weighted by molar-refractivity contribution is -0.154. The fourth-order valence-electron chi connectivity index (χ4n) is 3.57. The summed E-state index contributed by atoms with van der Waals surface area (Å²) in [6.07, 6.45) is 8.38. The van der Waals surface area contributed by atoms with Gasteiger partial charge in [0, 0.05) is 13.6 Å². The van der Waals surface area contributed by atoms with Crippen LogP contribution in [-0.4, -0.2) is 57.5 Å². The lowest BCUT2D eigenvalue weighted by Gasteiger charge is -2.34. The Balaban J connectivity index is 1.56. The maximum atomic E-state index is 12.8. The van der Waals surface area contributed by atoms with E-state index in [2.05, 4.69) is 10.2 Å². The van der Waals surface area contributed by atoms with E-state index in [1.807, 2.05) is 23.4 Å². The molecule has 0 spiro atoms. The third kappa shape index (κ3) is 4.13. The second kappa shape index (κ2) is 8.07. The summed E-state index contributed by atoms with van der Waals surface area (Å²) in [6, 6.07) is 0. The predicted molar refractivity (Wildman–Crippen MR) is 88.3 cm³/mol. The highest BCUT2D eigenvalue weighted by Gasteiger charge is 2.31.